The smallest absolute Gasteiger partial charge is 0.242 e. The number of hydrogen-bond acceptors (Lipinski definition) is 5. The summed E-state index contributed by atoms with van der Waals surface area (Å²) in [5.41, 5.74) is 2.56. The second-order valence-corrected chi connectivity index (χ2v) is 7.99. The third-order valence-electron chi connectivity index (χ3n) is 6.01. The number of hydrogen-bond donors (Lipinski definition) is 0. The Balaban J connectivity index is 1.78. The zero-order valence-electron chi connectivity index (χ0n) is 18.6. The minimum atomic E-state index is 0.115. The number of ether oxygens (including phenoxy) is 3. The Morgan fingerprint density at radius 3 is 2.29 bits per heavy atom. The number of fused-ring (bicyclic) bond motifs is 1. The standard InChI is InChI=1S/C24H29N3O4/c1-16-9-11-26(12-10-16)22(28)15-27-19-8-6-5-7-18(19)25-24(27)17-13-20(29-2)23(31-4)21(14-17)30-3/h5-8,13-14,16H,9-12,15H2,1-4H3. The lowest BCUT2D eigenvalue weighted by Gasteiger charge is -2.30. The monoisotopic (exact) mass is 423 g/mol. The van der Waals surface area contributed by atoms with Gasteiger partial charge in [-0.05, 0) is 43.0 Å². The average molecular weight is 424 g/mol. The maximum Gasteiger partial charge on any atom is 0.242 e. The summed E-state index contributed by atoms with van der Waals surface area (Å²) in [6, 6.07) is 11.6. The number of carbonyl (C=O) groups is 1. The van der Waals surface area contributed by atoms with Crippen molar-refractivity contribution in [2.45, 2.75) is 26.3 Å². The van der Waals surface area contributed by atoms with Crippen LogP contribution in [0, 0.1) is 5.92 Å². The van der Waals surface area contributed by atoms with Crippen molar-refractivity contribution in [3.8, 4) is 28.6 Å². The molecular formula is C24H29N3O4. The molecule has 4 rings (SSSR count). The van der Waals surface area contributed by atoms with Gasteiger partial charge in [-0.2, -0.15) is 0 Å². The molecule has 2 aromatic carbocycles. The molecule has 0 spiro atoms. The average Bonchev–Trinajstić information content (AvgIpc) is 3.16. The van der Waals surface area contributed by atoms with Crippen LogP contribution in [0.4, 0.5) is 0 Å². The topological polar surface area (TPSA) is 65.8 Å². The molecule has 1 fully saturated rings. The maximum absolute atomic E-state index is 13.2. The molecule has 0 bridgehead atoms. The Bertz CT molecular complexity index is 1060. The van der Waals surface area contributed by atoms with E-state index in [9.17, 15) is 4.79 Å². The van der Waals surface area contributed by atoms with Gasteiger partial charge in [0, 0.05) is 18.7 Å². The zero-order valence-corrected chi connectivity index (χ0v) is 18.6. The van der Waals surface area contributed by atoms with E-state index in [1.54, 1.807) is 21.3 Å². The highest BCUT2D eigenvalue weighted by Crippen LogP contribution is 2.41. The number of aromatic nitrogens is 2. The first-order valence-electron chi connectivity index (χ1n) is 10.6. The van der Waals surface area contributed by atoms with Crippen molar-refractivity contribution in [3.05, 3.63) is 36.4 Å². The molecule has 1 aromatic heterocycles. The lowest BCUT2D eigenvalue weighted by molar-refractivity contribution is -0.133. The van der Waals surface area contributed by atoms with Gasteiger partial charge in [-0.15, -0.1) is 0 Å². The van der Waals surface area contributed by atoms with E-state index in [0.29, 0.717) is 29.0 Å². The molecule has 0 N–H and O–H groups in total. The Hall–Kier alpha value is -3.22. The van der Waals surface area contributed by atoms with Crippen LogP contribution in [0.15, 0.2) is 36.4 Å². The first-order chi connectivity index (χ1) is 15.0. The summed E-state index contributed by atoms with van der Waals surface area (Å²) < 4.78 is 18.5. The number of amides is 1. The molecule has 31 heavy (non-hydrogen) atoms. The van der Waals surface area contributed by atoms with Gasteiger partial charge in [-0.3, -0.25) is 4.79 Å². The summed E-state index contributed by atoms with van der Waals surface area (Å²) in [6.45, 7) is 4.10. The van der Waals surface area contributed by atoms with Crippen molar-refractivity contribution in [3.63, 3.8) is 0 Å². The largest absolute Gasteiger partial charge is 0.493 e. The third kappa shape index (κ3) is 4.04. The molecule has 0 aliphatic carbocycles. The molecule has 164 valence electrons. The maximum atomic E-state index is 13.2. The summed E-state index contributed by atoms with van der Waals surface area (Å²) in [5, 5.41) is 0. The van der Waals surface area contributed by atoms with Crippen LogP contribution in [0.25, 0.3) is 22.4 Å². The van der Waals surface area contributed by atoms with Gasteiger partial charge in [-0.1, -0.05) is 19.1 Å². The quantitative estimate of drug-likeness (QED) is 0.600. The van der Waals surface area contributed by atoms with Crippen molar-refractivity contribution in [1.82, 2.24) is 14.5 Å². The van der Waals surface area contributed by atoms with Crippen LogP contribution < -0.4 is 14.2 Å². The highest BCUT2D eigenvalue weighted by Gasteiger charge is 2.24. The molecule has 0 unspecified atom stereocenters. The van der Waals surface area contributed by atoms with Gasteiger partial charge in [0.1, 0.15) is 12.4 Å². The van der Waals surface area contributed by atoms with Gasteiger partial charge in [0.15, 0.2) is 11.5 Å². The summed E-state index contributed by atoms with van der Waals surface area (Å²) in [7, 11) is 4.75. The molecule has 1 aliphatic rings. The van der Waals surface area contributed by atoms with Crippen LogP contribution in [0.5, 0.6) is 17.2 Å². The van der Waals surface area contributed by atoms with E-state index in [1.165, 1.54) is 0 Å². The molecular weight excluding hydrogens is 394 g/mol. The third-order valence-corrected chi connectivity index (χ3v) is 6.01. The number of piperidine rings is 1. The van der Waals surface area contributed by atoms with Gasteiger partial charge < -0.3 is 23.7 Å². The van der Waals surface area contributed by atoms with E-state index >= 15 is 0 Å². The number of benzene rings is 2. The highest BCUT2D eigenvalue weighted by molar-refractivity contribution is 5.85. The van der Waals surface area contributed by atoms with E-state index in [-0.39, 0.29) is 12.5 Å². The second-order valence-electron chi connectivity index (χ2n) is 7.99. The molecule has 7 heteroatoms. The molecule has 0 saturated carbocycles. The Kier molecular flexibility index (Phi) is 6.02. The van der Waals surface area contributed by atoms with Crippen molar-refractivity contribution < 1.29 is 19.0 Å². The molecule has 2 heterocycles. The van der Waals surface area contributed by atoms with Crippen LogP contribution in [0.3, 0.4) is 0 Å². The molecule has 0 atom stereocenters. The van der Waals surface area contributed by atoms with Crippen molar-refractivity contribution in [2.24, 2.45) is 5.92 Å². The minimum absolute atomic E-state index is 0.115. The van der Waals surface area contributed by atoms with Crippen molar-refractivity contribution >= 4 is 16.9 Å². The van der Waals surface area contributed by atoms with Gasteiger partial charge in [-0.25, -0.2) is 4.98 Å². The normalized spacial score (nSPS) is 14.6. The number of likely N-dealkylation sites (tertiary alicyclic amines) is 1. The molecule has 3 aromatic rings. The second kappa shape index (κ2) is 8.88. The summed E-state index contributed by atoms with van der Waals surface area (Å²) >= 11 is 0. The van der Waals surface area contributed by atoms with E-state index in [2.05, 4.69) is 6.92 Å². The van der Waals surface area contributed by atoms with Crippen LogP contribution in [-0.2, 0) is 11.3 Å². The fourth-order valence-electron chi connectivity index (χ4n) is 4.16. The molecule has 1 saturated heterocycles. The fraction of sp³-hybridized carbons (Fsp3) is 0.417. The lowest BCUT2D eigenvalue weighted by atomic mass is 9.99. The van der Waals surface area contributed by atoms with E-state index in [0.717, 1.165) is 42.5 Å². The fourth-order valence-corrected chi connectivity index (χ4v) is 4.16. The first kappa shape index (κ1) is 21.0. The Morgan fingerprint density at radius 2 is 1.68 bits per heavy atom. The van der Waals surface area contributed by atoms with Gasteiger partial charge >= 0.3 is 0 Å². The number of rotatable bonds is 6. The van der Waals surface area contributed by atoms with Crippen molar-refractivity contribution in [1.29, 1.82) is 0 Å². The lowest BCUT2D eigenvalue weighted by Crippen LogP contribution is -2.39. The predicted octanol–water partition coefficient (Wildman–Crippen LogP) is 3.99. The molecule has 7 nitrogen and oxygen atoms in total. The number of imidazole rings is 1. The van der Waals surface area contributed by atoms with Gasteiger partial charge in [0.05, 0.1) is 32.4 Å². The van der Waals surface area contributed by atoms with E-state index in [4.69, 9.17) is 19.2 Å². The Labute approximate surface area is 182 Å². The SMILES string of the molecule is COc1cc(-c2nc3ccccc3n2CC(=O)N2CCC(C)CC2)cc(OC)c1OC. The van der Waals surface area contributed by atoms with Crippen LogP contribution in [0.2, 0.25) is 0 Å². The van der Waals surface area contributed by atoms with Crippen LogP contribution >= 0.6 is 0 Å². The molecule has 1 aliphatic heterocycles. The van der Waals surface area contributed by atoms with E-state index < -0.39 is 0 Å². The van der Waals surface area contributed by atoms with Crippen LogP contribution in [0.1, 0.15) is 19.8 Å². The summed E-state index contributed by atoms with van der Waals surface area (Å²) in [5.74, 6) is 3.10. The highest BCUT2D eigenvalue weighted by atomic mass is 16.5. The Morgan fingerprint density at radius 1 is 1.03 bits per heavy atom. The minimum Gasteiger partial charge on any atom is -0.493 e. The summed E-state index contributed by atoms with van der Waals surface area (Å²) in [4.78, 5) is 20.0. The van der Waals surface area contributed by atoms with Crippen molar-refractivity contribution in [2.75, 3.05) is 34.4 Å². The van der Waals surface area contributed by atoms with Gasteiger partial charge in [0.25, 0.3) is 0 Å². The number of methoxy groups -OCH3 is 3. The number of para-hydroxylation sites is 2. The van der Waals surface area contributed by atoms with Gasteiger partial charge in [0.2, 0.25) is 11.7 Å². The molecule has 0 radical (unpaired) electrons. The first-order valence-corrected chi connectivity index (χ1v) is 10.6. The predicted molar refractivity (Wildman–Crippen MR) is 120 cm³/mol. The molecule has 1 amide bonds. The number of carbonyl (C=O) groups excluding carboxylic acids is 1. The zero-order chi connectivity index (χ0) is 22.0. The van der Waals surface area contributed by atoms with Crippen LogP contribution in [-0.4, -0.2) is 54.8 Å². The summed E-state index contributed by atoms with van der Waals surface area (Å²) in [6.07, 6.45) is 2.10. The van der Waals surface area contributed by atoms with E-state index in [1.807, 2.05) is 45.9 Å². The number of nitrogens with zero attached hydrogens (tertiary/aromatic N) is 3.